The van der Waals surface area contributed by atoms with Gasteiger partial charge in [-0.05, 0) is 48.9 Å². The number of nitrogens with zero attached hydrogens (tertiary/aromatic N) is 1. The van der Waals surface area contributed by atoms with Crippen molar-refractivity contribution >= 4 is 11.6 Å². The highest BCUT2D eigenvalue weighted by atomic mass is 35.5. The highest BCUT2D eigenvalue weighted by molar-refractivity contribution is 6.29. The zero-order valence-corrected chi connectivity index (χ0v) is 12.4. The van der Waals surface area contributed by atoms with Crippen LogP contribution in [0.25, 0.3) is 11.1 Å². The molecule has 2 aromatic rings. The van der Waals surface area contributed by atoms with Crippen molar-refractivity contribution in [1.29, 1.82) is 0 Å². The van der Waals surface area contributed by atoms with E-state index in [9.17, 15) is 8.78 Å². The molecule has 0 saturated heterocycles. The van der Waals surface area contributed by atoms with Gasteiger partial charge in [0.25, 0.3) is 0 Å². The molecule has 1 nitrogen and oxygen atoms in total. The molecular formula is C17H16ClF2N. The maximum absolute atomic E-state index is 14.1. The maximum Gasteiger partial charge on any atom is 0.166 e. The summed E-state index contributed by atoms with van der Waals surface area (Å²) in [5.74, 6) is -1.65. The fourth-order valence-corrected chi connectivity index (χ4v) is 3.19. The summed E-state index contributed by atoms with van der Waals surface area (Å²) in [5, 5.41) is 0.341. The predicted octanol–water partition coefficient (Wildman–Crippen LogP) is 5.34. The summed E-state index contributed by atoms with van der Waals surface area (Å²) < 4.78 is 27.7. The minimum Gasteiger partial charge on any atom is -0.241 e. The van der Waals surface area contributed by atoms with E-state index in [4.69, 9.17) is 11.6 Å². The van der Waals surface area contributed by atoms with E-state index in [1.807, 2.05) is 0 Å². The lowest BCUT2D eigenvalue weighted by atomic mass is 9.90. The number of fused-ring (bicyclic) bond motifs is 1. The van der Waals surface area contributed by atoms with Gasteiger partial charge in [0.05, 0.1) is 0 Å². The van der Waals surface area contributed by atoms with Gasteiger partial charge < -0.3 is 0 Å². The average Bonchev–Trinajstić information content (AvgIpc) is 2.43. The molecule has 0 radical (unpaired) electrons. The minimum absolute atomic E-state index is 0.274. The van der Waals surface area contributed by atoms with Crippen molar-refractivity contribution in [3.05, 3.63) is 52.3 Å². The zero-order valence-electron chi connectivity index (χ0n) is 11.6. The van der Waals surface area contributed by atoms with Crippen molar-refractivity contribution in [2.45, 2.75) is 38.5 Å². The molecular weight excluding hydrogens is 292 g/mol. The summed E-state index contributed by atoms with van der Waals surface area (Å²) >= 11 is 6.09. The Labute approximate surface area is 128 Å². The SMILES string of the molecule is Fc1cccc(-c2cc(Cl)nc3c2CCCCCC3)c1F. The van der Waals surface area contributed by atoms with Crippen molar-refractivity contribution < 1.29 is 8.78 Å². The molecule has 4 heteroatoms. The molecule has 1 aliphatic carbocycles. The summed E-state index contributed by atoms with van der Waals surface area (Å²) in [6.45, 7) is 0. The van der Waals surface area contributed by atoms with E-state index in [0.717, 1.165) is 49.4 Å². The Morgan fingerprint density at radius 2 is 1.71 bits per heavy atom. The van der Waals surface area contributed by atoms with E-state index in [0.29, 0.717) is 10.7 Å². The van der Waals surface area contributed by atoms with Crippen molar-refractivity contribution in [3.63, 3.8) is 0 Å². The van der Waals surface area contributed by atoms with E-state index in [2.05, 4.69) is 4.98 Å². The third-order valence-electron chi connectivity index (χ3n) is 4.01. The van der Waals surface area contributed by atoms with Crippen LogP contribution in [0.3, 0.4) is 0 Å². The first-order valence-electron chi connectivity index (χ1n) is 7.29. The quantitative estimate of drug-likeness (QED) is 0.648. The maximum atomic E-state index is 14.1. The lowest BCUT2D eigenvalue weighted by Gasteiger charge is -2.18. The number of hydrogen-bond acceptors (Lipinski definition) is 1. The number of halogens is 3. The van der Waals surface area contributed by atoms with Gasteiger partial charge in [-0.3, -0.25) is 0 Å². The number of benzene rings is 1. The Morgan fingerprint density at radius 3 is 2.52 bits per heavy atom. The first-order chi connectivity index (χ1) is 10.2. The van der Waals surface area contributed by atoms with Crippen LogP contribution >= 0.6 is 11.6 Å². The lowest BCUT2D eigenvalue weighted by molar-refractivity contribution is 0.511. The number of hydrogen-bond donors (Lipinski definition) is 0. The van der Waals surface area contributed by atoms with Gasteiger partial charge >= 0.3 is 0 Å². The van der Waals surface area contributed by atoms with Crippen LogP contribution < -0.4 is 0 Å². The van der Waals surface area contributed by atoms with Crippen LogP contribution in [0.15, 0.2) is 24.3 Å². The summed E-state index contributed by atoms with van der Waals surface area (Å²) in [4.78, 5) is 4.40. The third-order valence-corrected chi connectivity index (χ3v) is 4.20. The van der Waals surface area contributed by atoms with Crippen LogP contribution in [-0.4, -0.2) is 4.98 Å². The summed E-state index contributed by atoms with van der Waals surface area (Å²) in [6.07, 6.45) is 6.13. The smallest absolute Gasteiger partial charge is 0.166 e. The molecule has 21 heavy (non-hydrogen) atoms. The normalized spacial score (nSPS) is 15.2. The Balaban J connectivity index is 2.19. The van der Waals surface area contributed by atoms with Gasteiger partial charge in [-0.1, -0.05) is 36.6 Å². The fourth-order valence-electron chi connectivity index (χ4n) is 2.98. The molecule has 1 aromatic heterocycles. The zero-order chi connectivity index (χ0) is 14.8. The molecule has 0 atom stereocenters. The summed E-state index contributed by atoms with van der Waals surface area (Å²) in [6, 6.07) is 5.91. The second-order valence-electron chi connectivity index (χ2n) is 5.43. The lowest BCUT2D eigenvalue weighted by Crippen LogP contribution is -2.06. The van der Waals surface area contributed by atoms with Crippen LogP contribution in [0.4, 0.5) is 8.78 Å². The van der Waals surface area contributed by atoms with Crippen LogP contribution in [-0.2, 0) is 12.8 Å². The highest BCUT2D eigenvalue weighted by Crippen LogP contribution is 2.33. The number of rotatable bonds is 1. The topological polar surface area (TPSA) is 12.9 Å². The molecule has 1 heterocycles. The standard InChI is InChI=1S/C17H16ClF2N/c18-16-10-13(12-7-5-8-14(19)17(12)20)11-6-3-1-2-4-9-15(11)21-16/h5,7-8,10H,1-4,6,9H2. The van der Waals surface area contributed by atoms with E-state index in [-0.39, 0.29) is 5.56 Å². The van der Waals surface area contributed by atoms with E-state index >= 15 is 0 Å². The molecule has 1 aliphatic rings. The van der Waals surface area contributed by atoms with Gasteiger partial charge in [0.1, 0.15) is 5.15 Å². The highest BCUT2D eigenvalue weighted by Gasteiger charge is 2.18. The third kappa shape index (κ3) is 2.93. The van der Waals surface area contributed by atoms with Gasteiger partial charge in [-0.25, -0.2) is 13.8 Å². The van der Waals surface area contributed by atoms with Crippen LogP contribution in [0.1, 0.15) is 36.9 Å². The van der Waals surface area contributed by atoms with Crippen molar-refractivity contribution in [3.8, 4) is 11.1 Å². The van der Waals surface area contributed by atoms with Crippen molar-refractivity contribution in [1.82, 2.24) is 4.98 Å². The van der Waals surface area contributed by atoms with Gasteiger partial charge in [0, 0.05) is 11.3 Å². The Hall–Kier alpha value is -1.48. The largest absolute Gasteiger partial charge is 0.241 e. The van der Waals surface area contributed by atoms with Crippen LogP contribution in [0.5, 0.6) is 0 Å². The Morgan fingerprint density at radius 1 is 0.952 bits per heavy atom. The first kappa shape index (κ1) is 14.5. The molecule has 3 rings (SSSR count). The van der Waals surface area contributed by atoms with Gasteiger partial charge in [0.2, 0.25) is 0 Å². The fraction of sp³-hybridized carbons (Fsp3) is 0.353. The van der Waals surface area contributed by atoms with E-state index in [1.54, 1.807) is 12.1 Å². The first-order valence-corrected chi connectivity index (χ1v) is 7.67. The average molecular weight is 308 g/mol. The monoisotopic (exact) mass is 307 g/mol. The number of aryl methyl sites for hydroxylation is 1. The molecule has 0 spiro atoms. The van der Waals surface area contributed by atoms with Crippen molar-refractivity contribution in [2.24, 2.45) is 0 Å². The molecule has 110 valence electrons. The molecule has 0 unspecified atom stereocenters. The molecule has 0 saturated carbocycles. The van der Waals surface area contributed by atoms with Crippen LogP contribution in [0, 0.1) is 11.6 Å². The van der Waals surface area contributed by atoms with Gasteiger partial charge in [-0.15, -0.1) is 0 Å². The number of pyridine rings is 1. The Kier molecular flexibility index (Phi) is 4.20. The van der Waals surface area contributed by atoms with Crippen molar-refractivity contribution in [2.75, 3.05) is 0 Å². The summed E-state index contributed by atoms with van der Waals surface area (Å²) in [7, 11) is 0. The van der Waals surface area contributed by atoms with Gasteiger partial charge in [0.15, 0.2) is 11.6 Å². The van der Waals surface area contributed by atoms with E-state index in [1.165, 1.54) is 12.5 Å². The predicted molar refractivity (Wildman–Crippen MR) is 80.5 cm³/mol. The molecule has 1 aromatic carbocycles. The summed E-state index contributed by atoms with van der Waals surface area (Å²) in [5.41, 5.74) is 2.91. The Bertz CT molecular complexity index is 670. The molecule has 0 bridgehead atoms. The molecule has 0 N–H and O–H groups in total. The molecule has 0 amide bonds. The second-order valence-corrected chi connectivity index (χ2v) is 5.82. The van der Waals surface area contributed by atoms with E-state index < -0.39 is 11.6 Å². The second kappa shape index (κ2) is 6.10. The molecule has 0 aliphatic heterocycles. The molecule has 0 fully saturated rings. The minimum atomic E-state index is -0.833. The number of aromatic nitrogens is 1. The van der Waals surface area contributed by atoms with Crippen LogP contribution in [0.2, 0.25) is 5.15 Å². The van der Waals surface area contributed by atoms with Gasteiger partial charge in [-0.2, -0.15) is 0 Å².